The van der Waals surface area contributed by atoms with Crippen LogP contribution in [0.3, 0.4) is 0 Å². The van der Waals surface area contributed by atoms with Crippen LogP contribution in [0.1, 0.15) is 52.1 Å². The molecule has 5 heteroatoms. The van der Waals surface area contributed by atoms with Gasteiger partial charge in [0, 0.05) is 23.6 Å². The van der Waals surface area contributed by atoms with E-state index in [1.807, 2.05) is 62.4 Å². The molecular formula is C26H30N2O3. The number of para-hydroxylation sites is 2. The van der Waals surface area contributed by atoms with E-state index in [0.29, 0.717) is 17.7 Å². The van der Waals surface area contributed by atoms with Gasteiger partial charge < -0.3 is 10.1 Å². The molecule has 5 nitrogen and oxygen atoms in total. The lowest BCUT2D eigenvalue weighted by Gasteiger charge is -2.37. The largest absolute Gasteiger partial charge is 0.497 e. The number of anilines is 2. The molecule has 4 rings (SSSR count). The van der Waals surface area contributed by atoms with E-state index in [1.54, 1.807) is 12.0 Å². The molecule has 1 atom stereocenters. The normalized spacial score (nSPS) is 20.0. The van der Waals surface area contributed by atoms with Gasteiger partial charge in [-0.1, -0.05) is 52.0 Å². The van der Waals surface area contributed by atoms with Gasteiger partial charge in [-0.05, 0) is 41.7 Å². The lowest BCUT2D eigenvalue weighted by atomic mass is 9.73. The van der Waals surface area contributed by atoms with Crippen LogP contribution >= 0.6 is 0 Å². The van der Waals surface area contributed by atoms with Crippen molar-refractivity contribution in [1.82, 2.24) is 0 Å². The molecule has 0 saturated heterocycles. The van der Waals surface area contributed by atoms with Gasteiger partial charge in [0.2, 0.25) is 5.91 Å². The van der Waals surface area contributed by atoms with Crippen molar-refractivity contribution in [2.45, 2.75) is 46.6 Å². The molecule has 0 unspecified atom stereocenters. The van der Waals surface area contributed by atoms with E-state index in [0.717, 1.165) is 29.1 Å². The molecule has 0 spiro atoms. The Balaban J connectivity index is 2.02. The predicted molar refractivity (Wildman–Crippen MR) is 123 cm³/mol. The zero-order chi connectivity index (χ0) is 22.3. The molecule has 31 heavy (non-hydrogen) atoms. The summed E-state index contributed by atoms with van der Waals surface area (Å²) in [6.07, 6.45) is 1.20. The van der Waals surface area contributed by atoms with Crippen LogP contribution < -0.4 is 15.0 Å². The fourth-order valence-electron chi connectivity index (χ4n) is 4.64. The summed E-state index contributed by atoms with van der Waals surface area (Å²) >= 11 is 0. The molecule has 2 aromatic rings. The molecule has 2 aliphatic rings. The van der Waals surface area contributed by atoms with Crippen molar-refractivity contribution in [2.24, 2.45) is 11.3 Å². The number of amides is 1. The van der Waals surface area contributed by atoms with E-state index >= 15 is 0 Å². The van der Waals surface area contributed by atoms with Crippen LogP contribution in [0.4, 0.5) is 11.4 Å². The highest BCUT2D eigenvalue weighted by molar-refractivity contribution is 6.06. The van der Waals surface area contributed by atoms with E-state index in [1.165, 1.54) is 0 Å². The van der Waals surface area contributed by atoms with Crippen molar-refractivity contribution in [3.8, 4) is 5.75 Å². The third-order valence-corrected chi connectivity index (χ3v) is 6.04. The Morgan fingerprint density at radius 3 is 2.58 bits per heavy atom. The smallest absolute Gasteiger partial charge is 0.230 e. The predicted octanol–water partition coefficient (Wildman–Crippen LogP) is 5.49. The zero-order valence-corrected chi connectivity index (χ0v) is 18.9. The van der Waals surface area contributed by atoms with Crippen molar-refractivity contribution in [3.05, 3.63) is 65.4 Å². The van der Waals surface area contributed by atoms with Crippen LogP contribution in [0.15, 0.2) is 59.8 Å². The van der Waals surface area contributed by atoms with Gasteiger partial charge in [0.15, 0.2) is 5.78 Å². The van der Waals surface area contributed by atoms with Crippen molar-refractivity contribution in [2.75, 3.05) is 17.3 Å². The third-order valence-electron chi connectivity index (χ3n) is 6.04. The first-order chi connectivity index (χ1) is 14.7. The summed E-state index contributed by atoms with van der Waals surface area (Å²) in [4.78, 5) is 29.0. The van der Waals surface area contributed by atoms with Gasteiger partial charge in [-0.25, -0.2) is 0 Å². The fraction of sp³-hybridized carbons (Fsp3) is 0.385. The number of Topliss-reactive ketones (excluding diaryl/α,β-unsaturated/α-hetero) is 1. The zero-order valence-electron chi connectivity index (χ0n) is 18.9. The van der Waals surface area contributed by atoms with Crippen LogP contribution in [0, 0.1) is 11.3 Å². The summed E-state index contributed by atoms with van der Waals surface area (Å²) < 4.78 is 5.47. The lowest BCUT2D eigenvalue weighted by Crippen LogP contribution is -2.41. The molecule has 0 aromatic heterocycles. The first-order valence-corrected chi connectivity index (χ1v) is 10.8. The molecule has 2 aromatic carbocycles. The summed E-state index contributed by atoms with van der Waals surface area (Å²) in [5.74, 6) is 0.540. The van der Waals surface area contributed by atoms with Gasteiger partial charge in [-0.3, -0.25) is 14.5 Å². The maximum absolute atomic E-state index is 13.6. The lowest BCUT2D eigenvalue weighted by molar-refractivity contribution is -0.122. The molecule has 0 bridgehead atoms. The number of hydrogen-bond donors (Lipinski definition) is 1. The monoisotopic (exact) mass is 418 g/mol. The number of benzene rings is 2. The summed E-state index contributed by atoms with van der Waals surface area (Å²) in [6.45, 7) is 8.02. The summed E-state index contributed by atoms with van der Waals surface area (Å²) in [6, 6.07) is 15.0. The van der Waals surface area contributed by atoms with Crippen LogP contribution in [-0.2, 0) is 9.59 Å². The first-order valence-electron chi connectivity index (χ1n) is 10.8. The average Bonchev–Trinajstić information content (AvgIpc) is 2.86. The van der Waals surface area contributed by atoms with E-state index in [-0.39, 0.29) is 23.0 Å². The SMILES string of the molecule is COc1cccc([C@H]2C3=C(CC(C)(C)CC3=O)Nc3ccccc3N2C(=O)C(C)C)c1. The van der Waals surface area contributed by atoms with Gasteiger partial charge >= 0.3 is 0 Å². The number of methoxy groups -OCH3 is 1. The summed E-state index contributed by atoms with van der Waals surface area (Å²) in [7, 11) is 1.62. The van der Waals surface area contributed by atoms with Crippen LogP contribution in [0.25, 0.3) is 0 Å². The standard InChI is InChI=1S/C26H30N2O3/c1-16(2)25(30)28-21-12-7-6-11-19(21)27-20-14-26(3,4)15-22(29)23(20)24(28)17-9-8-10-18(13-17)31-5/h6-13,16,24,27H,14-15H2,1-5H3/t24-/m0/s1. The quantitative estimate of drug-likeness (QED) is 0.716. The van der Waals surface area contributed by atoms with E-state index in [2.05, 4.69) is 19.2 Å². The first kappa shape index (κ1) is 21.2. The van der Waals surface area contributed by atoms with Crippen molar-refractivity contribution in [3.63, 3.8) is 0 Å². The van der Waals surface area contributed by atoms with E-state index in [4.69, 9.17) is 4.74 Å². The number of ether oxygens (including phenoxy) is 1. The summed E-state index contributed by atoms with van der Waals surface area (Å²) in [5.41, 5.74) is 3.94. The Kier molecular flexibility index (Phi) is 5.38. The Labute approximate surface area is 184 Å². The van der Waals surface area contributed by atoms with Gasteiger partial charge in [0.05, 0.1) is 24.5 Å². The van der Waals surface area contributed by atoms with Gasteiger partial charge in [-0.15, -0.1) is 0 Å². The average molecular weight is 419 g/mol. The topological polar surface area (TPSA) is 58.6 Å². The van der Waals surface area contributed by atoms with Gasteiger partial charge in [0.1, 0.15) is 5.75 Å². The maximum Gasteiger partial charge on any atom is 0.230 e. The number of ketones is 1. The number of carbonyl (C=O) groups excluding carboxylic acids is 2. The minimum absolute atomic E-state index is 0.0200. The second kappa shape index (κ2) is 7.88. The molecule has 162 valence electrons. The highest BCUT2D eigenvalue weighted by atomic mass is 16.5. The number of allylic oxidation sites excluding steroid dienone is 1. The Hall–Kier alpha value is -3.08. The molecule has 1 aliphatic carbocycles. The van der Waals surface area contributed by atoms with Gasteiger partial charge in [0.25, 0.3) is 0 Å². The van der Waals surface area contributed by atoms with Crippen molar-refractivity contribution < 1.29 is 14.3 Å². The van der Waals surface area contributed by atoms with Crippen LogP contribution in [-0.4, -0.2) is 18.8 Å². The van der Waals surface area contributed by atoms with Gasteiger partial charge in [-0.2, -0.15) is 0 Å². The molecule has 1 N–H and O–H groups in total. The molecule has 1 amide bonds. The van der Waals surface area contributed by atoms with Crippen molar-refractivity contribution >= 4 is 23.1 Å². The Bertz CT molecular complexity index is 1070. The minimum Gasteiger partial charge on any atom is -0.497 e. The molecular weight excluding hydrogens is 388 g/mol. The van der Waals surface area contributed by atoms with E-state index < -0.39 is 6.04 Å². The fourth-order valence-corrected chi connectivity index (χ4v) is 4.64. The Morgan fingerprint density at radius 2 is 1.87 bits per heavy atom. The molecule has 0 saturated carbocycles. The van der Waals surface area contributed by atoms with Crippen LogP contribution in [0.5, 0.6) is 5.75 Å². The maximum atomic E-state index is 13.6. The molecule has 0 fully saturated rings. The highest BCUT2D eigenvalue weighted by Crippen LogP contribution is 2.48. The van der Waals surface area contributed by atoms with Crippen molar-refractivity contribution in [1.29, 1.82) is 0 Å². The second-order valence-electron chi connectivity index (χ2n) is 9.52. The molecule has 0 radical (unpaired) electrons. The second-order valence-corrected chi connectivity index (χ2v) is 9.52. The number of hydrogen-bond acceptors (Lipinski definition) is 4. The number of rotatable bonds is 3. The molecule has 1 aliphatic heterocycles. The van der Waals surface area contributed by atoms with E-state index in [9.17, 15) is 9.59 Å². The number of fused-ring (bicyclic) bond motifs is 1. The highest BCUT2D eigenvalue weighted by Gasteiger charge is 2.43. The Morgan fingerprint density at radius 1 is 1.13 bits per heavy atom. The third kappa shape index (κ3) is 3.85. The van der Waals surface area contributed by atoms with Crippen LogP contribution in [0.2, 0.25) is 0 Å². The number of nitrogens with zero attached hydrogens (tertiary/aromatic N) is 1. The number of nitrogens with one attached hydrogen (secondary N) is 1. The summed E-state index contributed by atoms with van der Waals surface area (Å²) in [5, 5.41) is 3.53. The minimum atomic E-state index is -0.514. The molecule has 1 heterocycles. The number of carbonyl (C=O) groups is 2.